The maximum Gasteiger partial charge on any atom is 0.307 e. The van der Waals surface area contributed by atoms with Crippen LogP contribution in [0.4, 0.5) is 0 Å². The van der Waals surface area contributed by atoms with Gasteiger partial charge in [0.15, 0.2) is 0 Å². The van der Waals surface area contributed by atoms with Crippen molar-refractivity contribution in [2.24, 2.45) is 17.3 Å². The molecule has 2 fully saturated rings. The van der Waals surface area contributed by atoms with Crippen molar-refractivity contribution in [3.8, 4) is 0 Å². The van der Waals surface area contributed by atoms with Crippen LogP contribution in [-0.2, 0) is 9.59 Å². The molecule has 4 atom stereocenters. The first-order valence-electron chi connectivity index (χ1n) is 6.45. The van der Waals surface area contributed by atoms with E-state index in [1.807, 2.05) is 13.8 Å². The van der Waals surface area contributed by atoms with Crippen molar-refractivity contribution in [2.45, 2.75) is 44.4 Å². The second-order valence-electron chi connectivity index (χ2n) is 5.94. The van der Waals surface area contributed by atoms with Gasteiger partial charge in [0.05, 0.1) is 11.8 Å². The molecular weight excluding hydrogens is 250 g/mol. The van der Waals surface area contributed by atoms with Crippen LogP contribution in [0.25, 0.3) is 0 Å². The lowest BCUT2D eigenvalue weighted by atomic mass is 10.1. The first kappa shape index (κ1) is 13.7. The number of carbonyl (C=O) groups excluding carboxylic acids is 1. The molecule has 2 rings (SSSR count). The zero-order valence-electron chi connectivity index (χ0n) is 11.1. The van der Waals surface area contributed by atoms with Gasteiger partial charge in [0.25, 0.3) is 0 Å². The molecule has 0 aromatic rings. The molecular formula is C13H21NO3S. The summed E-state index contributed by atoms with van der Waals surface area (Å²) in [5, 5.41) is 12.6. The Bertz CT molecular complexity index is 369. The molecule has 0 aromatic heterocycles. The minimum absolute atomic E-state index is 0.0710. The third-order valence-electron chi connectivity index (χ3n) is 4.46. The van der Waals surface area contributed by atoms with E-state index in [-0.39, 0.29) is 17.9 Å². The Labute approximate surface area is 112 Å². The number of hydrogen-bond acceptors (Lipinski definition) is 3. The number of nitrogens with one attached hydrogen (secondary N) is 1. The number of hydrogen-bond donors (Lipinski definition) is 2. The van der Waals surface area contributed by atoms with Crippen LogP contribution in [0.15, 0.2) is 0 Å². The lowest BCUT2D eigenvalue weighted by Gasteiger charge is -2.19. The Hall–Kier alpha value is -0.710. The van der Waals surface area contributed by atoms with Gasteiger partial charge in [-0.1, -0.05) is 20.3 Å². The summed E-state index contributed by atoms with van der Waals surface area (Å²) in [4.78, 5) is 23.2. The Kier molecular flexibility index (Phi) is 3.63. The Morgan fingerprint density at radius 2 is 1.94 bits per heavy atom. The Balaban J connectivity index is 1.95. The van der Waals surface area contributed by atoms with E-state index in [2.05, 4.69) is 11.6 Å². The SMILES string of the molecule is CSC1CCCC1NC(=O)[C@H]1[C@@H](C(=O)O)C1(C)C. The van der Waals surface area contributed by atoms with Gasteiger partial charge in [0.2, 0.25) is 5.91 Å². The second kappa shape index (κ2) is 4.76. The van der Waals surface area contributed by atoms with Crippen LogP contribution < -0.4 is 5.32 Å². The molecule has 0 spiro atoms. The van der Waals surface area contributed by atoms with Crippen LogP contribution in [0.2, 0.25) is 0 Å². The number of rotatable bonds is 4. The molecule has 0 bridgehead atoms. The van der Waals surface area contributed by atoms with Gasteiger partial charge < -0.3 is 10.4 Å². The number of thioether (sulfide) groups is 1. The van der Waals surface area contributed by atoms with Crippen LogP contribution in [0, 0.1) is 17.3 Å². The minimum atomic E-state index is -0.854. The highest BCUT2D eigenvalue weighted by atomic mass is 32.2. The standard InChI is InChI=1S/C13H21NO3S/c1-13(2)9(10(13)12(16)17)11(15)14-7-5-4-6-8(7)18-3/h7-10H,4-6H2,1-3H3,(H,14,15)(H,16,17)/t7?,8?,9-,10+/m1/s1. The molecule has 2 unspecified atom stereocenters. The van der Waals surface area contributed by atoms with Gasteiger partial charge in [0, 0.05) is 11.3 Å². The summed E-state index contributed by atoms with van der Waals surface area (Å²) in [5.74, 6) is -1.81. The smallest absolute Gasteiger partial charge is 0.307 e. The van der Waals surface area contributed by atoms with E-state index >= 15 is 0 Å². The van der Waals surface area contributed by atoms with Crippen LogP contribution in [0.5, 0.6) is 0 Å². The highest BCUT2D eigenvalue weighted by Gasteiger charge is 2.66. The zero-order chi connectivity index (χ0) is 13.5. The largest absolute Gasteiger partial charge is 0.481 e. The van der Waals surface area contributed by atoms with Gasteiger partial charge in [-0.3, -0.25) is 9.59 Å². The van der Waals surface area contributed by atoms with Gasteiger partial charge in [-0.25, -0.2) is 0 Å². The highest BCUT2D eigenvalue weighted by Crippen LogP contribution is 2.58. The van der Waals surface area contributed by atoms with E-state index in [0.29, 0.717) is 5.25 Å². The van der Waals surface area contributed by atoms with Crippen LogP contribution >= 0.6 is 11.8 Å². The molecule has 2 aliphatic rings. The van der Waals surface area contributed by atoms with Crippen molar-refractivity contribution >= 4 is 23.6 Å². The molecule has 5 heteroatoms. The summed E-state index contributed by atoms with van der Waals surface area (Å²) in [6, 6.07) is 0.221. The number of carboxylic acid groups (broad SMARTS) is 1. The van der Waals surface area contributed by atoms with Crippen molar-refractivity contribution < 1.29 is 14.7 Å². The lowest BCUT2D eigenvalue weighted by Crippen LogP contribution is -2.40. The molecule has 0 radical (unpaired) electrons. The third kappa shape index (κ3) is 2.25. The number of aliphatic carboxylic acids is 1. The molecule has 4 nitrogen and oxygen atoms in total. The van der Waals surface area contributed by atoms with E-state index in [0.717, 1.165) is 19.3 Å². The first-order chi connectivity index (χ1) is 8.39. The molecule has 2 aliphatic carbocycles. The van der Waals surface area contributed by atoms with Gasteiger partial charge in [-0.2, -0.15) is 11.8 Å². The van der Waals surface area contributed by atoms with Crippen molar-refractivity contribution in [1.82, 2.24) is 5.32 Å². The monoisotopic (exact) mass is 271 g/mol. The van der Waals surface area contributed by atoms with E-state index in [1.165, 1.54) is 0 Å². The fraction of sp³-hybridized carbons (Fsp3) is 0.846. The first-order valence-corrected chi connectivity index (χ1v) is 7.74. The average molecular weight is 271 g/mol. The maximum atomic E-state index is 12.2. The Morgan fingerprint density at radius 3 is 2.44 bits per heavy atom. The van der Waals surface area contributed by atoms with Gasteiger partial charge in [-0.15, -0.1) is 0 Å². The second-order valence-corrected chi connectivity index (χ2v) is 7.01. The molecule has 1 amide bonds. The number of carbonyl (C=O) groups is 2. The summed E-state index contributed by atoms with van der Waals surface area (Å²) in [5.41, 5.74) is -0.399. The topological polar surface area (TPSA) is 66.4 Å². The van der Waals surface area contributed by atoms with Gasteiger partial charge in [-0.05, 0) is 24.5 Å². The summed E-state index contributed by atoms with van der Waals surface area (Å²) in [6.45, 7) is 3.72. The lowest BCUT2D eigenvalue weighted by molar-refractivity contribution is -0.140. The van der Waals surface area contributed by atoms with E-state index in [1.54, 1.807) is 11.8 Å². The van der Waals surface area contributed by atoms with Crippen molar-refractivity contribution in [2.75, 3.05) is 6.26 Å². The van der Waals surface area contributed by atoms with Crippen LogP contribution in [0.1, 0.15) is 33.1 Å². The molecule has 0 aliphatic heterocycles. The fourth-order valence-electron chi connectivity index (χ4n) is 3.23. The van der Waals surface area contributed by atoms with Crippen LogP contribution in [-0.4, -0.2) is 34.5 Å². The average Bonchev–Trinajstić information content (AvgIpc) is 2.66. The van der Waals surface area contributed by atoms with Crippen molar-refractivity contribution in [3.05, 3.63) is 0 Å². The fourth-order valence-corrected chi connectivity index (χ4v) is 4.17. The molecule has 2 saturated carbocycles. The predicted octanol–water partition coefficient (Wildman–Crippen LogP) is 1.74. The predicted molar refractivity (Wildman–Crippen MR) is 71.5 cm³/mol. The van der Waals surface area contributed by atoms with Crippen molar-refractivity contribution in [3.63, 3.8) is 0 Å². The van der Waals surface area contributed by atoms with Crippen molar-refractivity contribution in [1.29, 1.82) is 0 Å². The van der Waals surface area contributed by atoms with E-state index in [4.69, 9.17) is 5.11 Å². The molecule has 2 N–H and O–H groups in total. The van der Waals surface area contributed by atoms with Gasteiger partial charge in [0.1, 0.15) is 0 Å². The minimum Gasteiger partial charge on any atom is -0.481 e. The summed E-state index contributed by atoms with van der Waals surface area (Å²) < 4.78 is 0. The number of carboxylic acids is 1. The highest BCUT2D eigenvalue weighted by molar-refractivity contribution is 7.99. The third-order valence-corrected chi connectivity index (χ3v) is 5.63. The molecule has 102 valence electrons. The van der Waals surface area contributed by atoms with Crippen LogP contribution in [0.3, 0.4) is 0 Å². The quantitative estimate of drug-likeness (QED) is 0.817. The summed E-state index contributed by atoms with van der Waals surface area (Å²) in [7, 11) is 0. The maximum absolute atomic E-state index is 12.2. The summed E-state index contributed by atoms with van der Waals surface area (Å²) in [6.07, 6.45) is 5.37. The normalized spacial score (nSPS) is 37.3. The number of amides is 1. The van der Waals surface area contributed by atoms with E-state index in [9.17, 15) is 9.59 Å². The summed E-state index contributed by atoms with van der Waals surface area (Å²) >= 11 is 1.79. The molecule has 0 saturated heterocycles. The Morgan fingerprint density at radius 1 is 1.28 bits per heavy atom. The molecule has 18 heavy (non-hydrogen) atoms. The van der Waals surface area contributed by atoms with E-state index < -0.39 is 17.3 Å². The molecule has 0 heterocycles. The molecule has 0 aromatic carbocycles. The van der Waals surface area contributed by atoms with Gasteiger partial charge >= 0.3 is 5.97 Å². The zero-order valence-corrected chi connectivity index (χ0v) is 11.9.